The molecule has 1 atom stereocenters. The van der Waals surface area contributed by atoms with E-state index >= 15 is 0 Å². The van der Waals surface area contributed by atoms with Crippen molar-refractivity contribution in [3.63, 3.8) is 0 Å². The van der Waals surface area contributed by atoms with E-state index in [0.29, 0.717) is 12.5 Å². The Morgan fingerprint density at radius 1 is 1.21 bits per heavy atom. The molecule has 0 amide bonds. The molecule has 1 fully saturated rings. The van der Waals surface area contributed by atoms with Crippen LogP contribution in [0.3, 0.4) is 0 Å². The molecular weight excluding hydrogens is 300 g/mol. The number of pyridine rings is 1. The number of likely N-dealkylation sites (tertiary alicyclic amines) is 1. The minimum Gasteiger partial charge on any atom is -0.491 e. The van der Waals surface area contributed by atoms with Crippen molar-refractivity contribution in [3.05, 3.63) is 59.9 Å². The van der Waals surface area contributed by atoms with Crippen LogP contribution in [0, 0.1) is 5.92 Å². The van der Waals surface area contributed by atoms with Gasteiger partial charge in [-0.2, -0.15) is 0 Å². The Kier molecular flexibility index (Phi) is 6.21. The average molecular weight is 326 g/mol. The third-order valence-electron chi connectivity index (χ3n) is 4.51. The smallest absolute Gasteiger partial charge is 0.119 e. The van der Waals surface area contributed by atoms with Gasteiger partial charge in [-0.1, -0.05) is 18.2 Å². The van der Waals surface area contributed by atoms with Gasteiger partial charge >= 0.3 is 0 Å². The largest absolute Gasteiger partial charge is 0.491 e. The van der Waals surface area contributed by atoms with Crippen molar-refractivity contribution in [1.82, 2.24) is 9.88 Å². The highest BCUT2D eigenvalue weighted by molar-refractivity contribution is 5.28. The maximum absolute atomic E-state index is 8.87. The highest BCUT2D eigenvalue weighted by atomic mass is 16.5. The molecule has 1 aromatic heterocycles. The third-order valence-corrected chi connectivity index (χ3v) is 4.51. The maximum Gasteiger partial charge on any atom is 0.119 e. The molecule has 1 N–H and O–H groups in total. The fourth-order valence-corrected chi connectivity index (χ4v) is 3.47. The molecule has 1 unspecified atom stereocenters. The Hall–Kier alpha value is -1.91. The van der Waals surface area contributed by atoms with E-state index in [-0.39, 0.29) is 6.61 Å². The molecule has 1 aliphatic heterocycles. The van der Waals surface area contributed by atoms with E-state index < -0.39 is 0 Å². The number of aliphatic hydroxyl groups is 1. The molecular formula is C20H26N2O2. The lowest BCUT2D eigenvalue weighted by Gasteiger charge is -2.33. The molecule has 0 saturated carbocycles. The van der Waals surface area contributed by atoms with Gasteiger partial charge < -0.3 is 9.84 Å². The molecule has 128 valence electrons. The van der Waals surface area contributed by atoms with Gasteiger partial charge in [0.2, 0.25) is 0 Å². The Morgan fingerprint density at radius 3 is 2.96 bits per heavy atom. The average Bonchev–Trinajstić information content (AvgIpc) is 2.61. The van der Waals surface area contributed by atoms with Crippen molar-refractivity contribution in [2.45, 2.75) is 25.8 Å². The summed E-state index contributed by atoms with van der Waals surface area (Å²) >= 11 is 0. The van der Waals surface area contributed by atoms with Crippen LogP contribution < -0.4 is 4.74 Å². The fraction of sp³-hybridized carbons (Fsp3) is 0.450. The monoisotopic (exact) mass is 326 g/mol. The van der Waals surface area contributed by atoms with Gasteiger partial charge in [-0.05, 0) is 61.1 Å². The number of ether oxygens (including phenoxy) is 1. The van der Waals surface area contributed by atoms with E-state index in [1.165, 1.54) is 24.0 Å². The lowest BCUT2D eigenvalue weighted by molar-refractivity contribution is 0.166. The zero-order chi connectivity index (χ0) is 16.6. The second kappa shape index (κ2) is 8.81. The minimum atomic E-state index is 0.0480. The zero-order valence-electron chi connectivity index (χ0n) is 14.1. The summed E-state index contributed by atoms with van der Waals surface area (Å²) in [5.74, 6) is 1.54. The Bertz CT molecular complexity index is 618. The van der Waals surface area contributed by atoms with E-state index in [4.69, 9.17) is 9.84 Å². The van der Waals surface area contributed by atoms with Gasteiger partial charge in [0.05, 0.1) is 6.61 Å². The molecule has 1 saturated heterocycles. The van der Waals surface area contributed by atoms with Crippen LogP contribution in [0.5, 0.6) is 5.75 Å². The summed E-state index contributed by atoms with van der Waals surface area (Å²) in [5.41, 5.74) is 2.61. The quantitative estimate of drug-likeness (QED) is 0.850. The van der Waals surface area contributed by atoms with Crippen LogP contribution in [0.1, 0.15) is 24.0 Å². The van der Waals surface area contributed by atoms with Gasteiger partial charge in [0.15, 0.2) is 0 Å². The summed E-state index contributed by atoms with van der Waals surface area (Å²) in [6.45, 7) is 3.65. The van der Waals surface area contributed by atoms with Crippen LogP contribution in [0.4, 0.5) is 0 Å². The van der Waals surface area contributed by atoms with Gasteiger partial charge in [-0.3, -0.25) is 9.88 Å². The zero-order valence-corrected chi connectivity index (χ0v) is 14.1. The normalized spacial score (nSPS) is 18.5. The van der Waals surface area contributed by atoms with Gasteiger partial charge in [0, 0.05) is 25.5 Å². The summed E-state index contributed by atoms with van der Waals surface area (Å²) in [6.07, 6.45) is 7.49. The highest BCUT2D eigenvalue weighted by Crippen LogP contribution is 2.23. The van der Waals surface area contributed by atoms with Gasteiger partial charge in [0.1, 0.15) is 12.4 Å². The lowest BCUT2D eigenvalue weighted by atomic mass is 9.91. The number of aliphatic hydroxyl groups excluding tert-OH is 1. The number of rotatable bonds is 7. The Labute approximate surface area is 144 Å². The molecule has 1 aliphatic rings. The van der Waals surface area contributed by atoms with Crippen LogP contribution >= 0.6 is 0 Å². The van der Waals surface area contributed by atoms with Gasteiger partial charge in [0.25, 0.3) is 0 Å². The van der Waals surface area contributed by atoms with E-state index in [1.807, 2.05) is 30.6 Å². The summed E-state index contributed by atoms with van der Waals surface area (Å²) < 4.78 is 5.51. The van der Waals surface area contributed by atoms with Crippen molar-refractivity contribution in [2.24, 2.45) is 5.92 Å². The molecule has 3 rings (SSSR count). The van der Waals surface area contributed by atoms with Gasteiger partial charge in [-0.15, -0.1) is 0 Å². The number of hydrogen-bond donors (Lipinski definition) is 1. The molecule has 24 heavy (non-hydrogen) atoms. The minimum absolute atomic E-state index is 0.0480. The molecule has 0 radical (unpaired) electrons. The topological polar surface area (TPSA) is 45.6 Å². The van der Waals surface area contributed by atoms with E-state index in [1.54, 1.807) is 0 Å². The number of piperidine rings is 1. The maximum atomic E-state index is 8.87. The SMILES string of the molecule is OCCOc1cccc(CN2CCCC(Cc3cccnc3)C2)c1. The van der Waals surface area contributed by atoms with Crippen molar-refractivity contribution in [1.29, 1.82) is 0 Å². The van der Waals surface area contributed by atoms with Crippen molar-refractivity contribution in [2.75, 3.05) is 26.3 Å². The van der Waals surface area contributed by atoms with Crippen LogP contribution in [-0.2, 0) is 13.0 Å². The van der Waals surface area contributed by atoms with Gasteiger partial charge in [-0.25, -0.2) is 0 Å². The summed E-state index contributed by atoms with van der Waals surface area (Å²) in [5, 5.41) is 8.87. The Balaban J connectivity index is 1.55. The van der Waals surface area contributed by atoms with Crippen molar-refractivity contribution < 1.29 is 9.84 Å². The predicted molar refractivity (Wildman–Crippen MR) is 95.0 cm³/mol. The predicted octanol–water partition coefficient (Wildman–Crippen LogP) is 2.91. The summed E-state index contributed by atoms with van der Waals surface area (Å²) in [6, 6.07) is 12.4. The molecule has 0 bridgehead atoms. The molecule has 0 aliphatic carbocycles. The second-order valence-corrected chi connectivity index (χ2v) is 6.53. The van der Waals surface area contributed by atoms with Crippen LogP contribution in [-0.4, -0.2) is 41.3 Å². The summed E-state index contributed by atoms with van der Waals surface area (Å²) in [4.78, 5) is 6.76. The highest BCUT2D eigenvalue weighted by Gasteiger charge is 2.20. The molecule has 0 spiro atoms. The first kappa shape index (κ1) is 16.9. The number of benzene rings is 1. The van der Waals surface area contributed by atoms with Crippen molar-refractivity contribution >= 4 is 0 Å². The van der Waals surface area contributed by atoms with Crippen molar-refractivity contribution in [3.8, 4) is 5.75 Å². The fourth-order valence-electron chi connectivity index (χ4n) is 3.47. The van der Waals surface area contributed by atoms with Crippen LogP contribution in [0.15, 0.2) is 48.8 Å². The molecule has 4 nitrogen and oxygen atoms in total. The van der Waals surface area contributed by atoms with Crippen LogP contribution in [0.25, 0.3) is 0 Å². The molecule has 1 aromatic carbocycles. The lowest BCUT2D eigenvalue weighted by Crippen LogP contribution is -2.35. The first-order valence-electron chi connectivity index (χ1n) is 8.77. The van der Waals surface area contributed by atoms with E-state index in [0.717, 1.165) is 31.8 Å². The standard InChI is InChI=1S/C20H26N2O2/c23-10-11-24-20-7-1-4-19(13-20)16-22-9-3-6-18(15-22)12-17-5-2-8-21-14-17/h1-2,4-5,7-8,13-14,18,23H,3,6,9-12,15-16H2. The van der Waals surface area contributed by atoms with Crippen LogP contribution in [0.2, 0.25) is 0 Å². The summed E-state index contributed by atoms with van der Waals surface area (Å²) in [7, 11) is 0. The third kappa shape index (κ3) is 5.05. The first-order valence-corrected chi connectivity index (χ1v) is 8.77. The molecule has 2 aromatic rings. The molecule has 2 heterocycles. The first-order chi connectivity index (χ1) is 11.8. The number of hydrogen-bond acceptors (Lipinski definition) is 4. The van der Waals surface area contributed by atoms with E-state index in [9.17, 15) is 0 Å². The number of nitrogens with zero attached hydrogens (tertiary/aromatic N) is 2. The van der Waals surface area contributed by atoms with E-state index in [2.05, 4.69) is 28.1 Å². The molecule has 4 heteroatoms. The Morgan fingerprint density at radius 2 is 2.12 bits per heavy atom. The number of aromatic nitrogens is 1. The second-order valence-electron chi connectivity index (χ2n) is 6.53.